The zero-order chi connectivity index (χ0) is 19.4. The van der Waals surface area contributed by atoms with Crippen molar-refractivity contribution >= 4 is 38.6 Å². The molecule has 0 aliphatic carbocycles. The van der Waals surface area contributed by atoms with Gasteiger partial charge in [0.25, 0.3) is 10.0 Å². The van der Waals surface area contributed by atoms with E-state index in [1.807, 2.05) is 32.0 Å². The van der Waals surface area contributed by atoms with Crippen molar-refractivity contribution < 1.29 is 13.2 Å². The predicted molar refractivity (Wildman–Crippen MR) is 110 cm³/mol. The highest BCUT2D eigenvalue weighted by Gasteiger charge is 2.15. The van der Waals surface area contributed by atoms with Crippen LogP contribution in [0.3, 0.4) is 0 Å². The SMILES string of the molecule is Cc1ccc(NC(=O)Cc2ccc(NS(=O)(=O)c3cccs3)cc2)cc1C. The average Bonchev–Trinajstić information content (AvgIpc) is 3.15. The van der Waals surface area contributed by atoms with E-state index in [2.05, 4.69) is 10.0 Å². The zero-order valence-corrected chi connectivity index (χ0v) is 16.7. The summed E-state index contributed by atoms with van der Waals surface area (Å²) in [6.07, 6.45) is 0.213. The van der Waals surface area contributed by atoms with Gasteiger partial charge in [-0.25, -0.2) is 8.42 Å². The second-order valence-electron chi connectivity index (χ2n) is 6.26. The Morgan fingerprint density at radius 3 is 2.30 bits per heavy atom. The summed E-state index contributed by atoms with van der Waals surface area (Å²) in [7, 11) is -3.57. The molecule has 0 aliphatic rings. The fraction of sp³-hybridized carbons (Fsp3) is 0.150. The first-order chi connectivity index (χ1) is 12.8. The van der Waals surface area contributed by atoms with Gasteiger partial charge in [-0.05, 0) is 66.2 Å². The van der Waals surface area contributed by atoms with Gasteiger partial charge in [-0.15, -0.1) is 11.3 Å². The van der Waals surface area contributed by atoms with Crippen molar-refractivity contribution in [1.82, 2.24) is 0 Å². The fourth-order valence-corrected chi connectivity index (χ4v) is 4.57. The Morgan fingerprint density at radius 2 is 1.67 bits per heavy atom. The number of rotatable bonds is 6. The summed E-state index contributed by atoms with van der Waals surface area (Å²) in [5.41, 5.74) is 4.32. The summed E-state index contributed by atoms with van der Waals surface area (Å²) in [6, 6.07) is 15.8. The standard InChI is InChI=1S/C20H20N2O3S2/c1-14-5-8-18(12-15(14)2)21-19(23)13-16-6-9-17(10-7-16)22-27(24,25)20-4-3-11-26-20/h3-12,22H,13H2,1-2H3,(H,21,23). The number of nitrogens with one attached hydrogen (secondary N) is 2. The van der Waals surface area contributed by atoms with Crippen LogP contribution in [0.1, 0.15) is 16.7 Å². The smallest absolute Gasteiger partial charge is 0.271 e. The number of anilines is 2. The molecule has 1 aromatic heterocycles. The number of carbonyl (C=O) groups excluding carboxylic acids is 1. The predicted octanol–water partition coefficient (Wildman–Crippen LogP) is 4.35. The molecule has 27 heavy (non-hydrogen) atoms. The minimum Gasteiger partial charge on any atom is -0.326 e. The van der Waals surface area contributed by atoms with Crippen LogP contribution in [0.15, 0.2) is 64.2 Å². The van der Waals surface area contributed by atoms with Crippen LogP contribution in [0, 0.1) is 13.8 Å². The van der Waals surface area contributed by atoms with E-state index in [-0.39, 0.29) is 16.5 Å². The normalized spacial score (nSPS) is 11.2. The van der Waals surface area contributed by atoms with Crippen LogP contribution in [0.25, 0.3) is 0 Å². The van der Waals surface area contributed by atoms with Crippen molar-refractivity contribution in [2.75, 3.05) is 10.0 Å². The van der Waals surface area contributed by atoms with Gasteiger partial charge in [-0.3, -0.25) is 9.52 Å². The lowest BCUT2D eigenvalue weighted by Gasteiger charge is -2.09. The molecule has 3 rings (SSSR count). The summed E-state index contributed by atoms with van der Waals surface area (Å²) in [5, 5.41) is 4.59. The maximum atomic E-state index is 12.2. The third-order valence-electron chi connectivity index (χ3n) is 4.12. The third kappa shape index (κ3) is 4.96. The number of hydrogen-bond acceptors (Lipinski definition) is 4. The number of benzene rings is 2. The van der Waals surface area contributed by atoms with Crippen molar-refractivity contribution in [2.45, 2.75) is 24.5 Å². The van der Waals surface area contributed by atoms with Crippen LogP contribution in [0.5, 0.6) is 0 Å². The van der Waals surface area contributed by atoms with Gasteiger partial charge in [0.05, 0.1) is 6.42 Å². The third-order valence-corrected chi connectivity index (χ3v) is 6.90. The number of sulfonamides is 1. The molecule has 0 saturated carbocycles. The Bertz CT molecular complexity index is 1040. The lowest BCUT2D eigenvalue weighted by atomic mass is 10.1. The van der Waals surface area contributed by atoms with Crippen molar-refractivity contribution in [3.05, 3.63) is 76.7 Å². The molecule has 2 aromatic carbocycles. The Balaban J connectivity index is 1.62. The molecule has 1 heterocycles. The minimum atomic E-state index is -3.57. The van der Waals surface area contributed by atoms with Crippen LogP contribution in [-0.4, -0.2) is 14.3 Å². The topological polar surface area (TPSA) is 75.3 Å². The molecule has 3 aromatic rings. The molecule has 0 saturated heterocycles. The Labute approximate surface area is 163 Å². The summed E-state index contributed by atoms with van der Waals surface area (Å²) >= 11 is 1.16. The van der Waals surface area contributed by atoms with Gasteiger partial charge in [0.2, 0.25) is 5.91 Å². The lowest BCUT2D eigenvalue weighted by molar-refractivity contribution is -0.115. The largest absolute Gasteiger partial charge is 0.326 e. The van der Waals surface area contributed by atoms with Crippen LogP contribution in [0.2, 0.25) is 0 Å². The van der Waals surface area contributed by atoms with Crippen molar-refractivity contribution in [1.29, 1.82) is 0 Å². The van der Waals surface area contributed by atoms with Crippen LogP contribution >= 0.6 is 11.3 Å². The highest BCUT2D eigenvalue weighted by atomic mass is 32.2. The zero-order valence-electron chi connectivity index (χ0n) is 15.0. The van der Waals surface area contributed by atoms with Crippen molar-refractivity contribution in [3.8, 4) is 0 Å². The van der Waals surface area contributed by atoms with E-state index < -0.39 is 10.0 Å². The van der Waals surface area contributed by atoms with Gasteiger partial charge in [-0.1, -0.05) is 24.3 Å². The molecule has 140 valence electrons. The van der Waals surface area contributed by atoms with E-state index in [0.29, 0.717) is 5.69 Å². The van der Waals surface area contributed by atoms with E-state index in [1.54, 1.807) is 41.8 Å². The minimum absolute atomic E-state index is 0.120. The van der Waals surface area contributed by atoms with Gasteiger partial charge in [0.1, 0.15) is 4.21 Å². The van der Waals surface area contributed by atoms with Gasteiger partial charge in [0.15, 0.2) is 0 Å². The summed E-state index contributed by atoms with van der Waals surface area (Å²) < 4.78 is 27.2. The number of thiophene rings is 1. The molecule has 1 amide bonds. The van der Waals surface area contributed by atoms with Crippen LogP contribution in [0.4, 0.5) is 11.4 Å². The molecule has 0 fully saturated rings. The molecule has 2 N–H and O–H groups in total. The molecule has 0 spiro atoms. The maximum absolute atomic E-state index is 12.2. The average molecular weight is 401 g/mol. The molecule has 5 nitrogen and oxygen atoms in total. The molecule has 0 aliphatic heterocycles. The molecule has 0 atom stereocenters. The van der Waals surface area contributed by atoms with E-state index in [9.17, 15) is 13.2 Å². The van der Waals surface area contributed by atoms with Gasteiger partial charge < -0.3 is 5.32 Å². The second-order valence-corrected chi connectivity index (χ2v) is 9.12. The summed E-state index contributed by atoms with van der Waals surface area (Å²) in [4.78, 5) is 12.2. The molecular formula is C20H20N2O3S2. The highest BCUT2D eigenvalue weighted by molar-refractivity contribution is 7.94. The van der Waals surface area contributed by atoms with Crippen LogP contribution < -0.4 is 10.0 Å². The summed E-state index contributed by atoms with van der Waals surface area (Å²) in [6.45, 7) is 4.02. The molecule has 0 bridgehead atoms. The molecular weight excluding hydrogens is 380 g/mol. The maximum Gasteiger partial charge on any atom is 0.271 e. The Hall–Kier alpha value is -2.64. The number of aryl methyl sites for hydroxylation is 2. The number of carbonyl (C=O) groups is 1. The van der Waals surface area contributed by atoms with Crippen molar-refractivity contribution in [2.24, 2.45) is 0 Å². The number of amides is 1. The lowest BCUT2D eigenvalue weighted by Crippen LogP contribution is -2.15. The second kappa shape index (κ2) is 7.94. The van der Waals surface area contributed by atoms with Crippen LogP contribution in [-0.2, 0) is 21.2 Å². The Morgan fingerprint density at radius 1 is 0.963 bits per heavy atom. The monoisotopic (exact) mass is 400 g/mol. The molecule has 0 unspecified atom stereocenters. The van der Waals surface area contributed by atoms with Gasteiger partial charge in [-0.2, -0.15) is 0 Å². The molecule has 7 heteroatoms. The van der Waals surface area contributed by atoms with E-state index in [0.717, 1.165) is 28.2 Å². The Kier molecular flexibility index (Phi) is 5.62. The van der Waals surface area contributed by atoms with Gasteiger partial charge in [0, 0.05) is 11.4 Å². The fourth-order valence-electron chi connectivity index (χ4n) is 2.52. The molecule has 0 radical (unpaired) electrons. The highest BCUT2D eigenvalue weighted by Crippen LogP contribution is 2.21. The van der Waals surface area contributed by atoms with E-state index in [4.69, 9.17) is 0 Å². The number of hydrogen-bond donors (Lipinski definition) is 2. The van der Waals surface area contributed by atoms with Gasteiger partial charge >= 0.3 is 0 Å². The quantitative estimate of drug-likeness (QED) is 0.646. The van der Waals surface area contributed by atoms with Crippen molar-refractivity contribution in [3.63, 3.8) is 0 Å². The first-order valence-corrected chi connectivity index (χ1v) is 10.7. The van der Waals surface area contributed by atoms with E-state index >= 15 is 0 Å². The summed E-state index contributed by atoms with van der Waals surface area (Å²) in [5.74, 6) is -0.120. The van der Waals surface area contributed by atoms with E-state index in [1.165, 1.54) is 5.56 Å². The first-order valence-electron chi connectivity index (χ1n) is 8.36. The first kappa shape index (κ1) is 19.1.